The monoisotopic (exact) mass is 281 g/mol. The average molecular weight is 282 g/mol. The summed E-state index contributed by atoms with van der Waals surface area (Å²) in [5, 5.41) is 5.95. The minimum Gasteiger partial charge on any atom is -0.277 e. The molecule has 0 aliphatic carbocycles. The van der Waals surface area contributed by atoms with Crippen LogP contribution in [0.25, 0.3) is 10.9 Å². The Kier molecular flexibility index (Phi) is 3.61. The van der Waals surface area contributed by atoms with E-state index in [1.165, 1.54) is 0 Å². The summed E-state index contributed by atoms with van der Waals surface area (Å²) in [4.78, 5) is 4.32. The molecular weight excluding hydrogens is 270 g/mol. The summed E-state index contributed by atoms with van der Waals surface area (Å²) in [7, 11) is 0. The van der Waals surface area contributed by atoms with Crippen LogP contribution < -0.4 is 5.43 Å². The van der Waals surface area contributed by atoms with E-state index in [0.29, 0.717) is 5.02 Å². The molecule has 0 saturated heterocycles. The first-order valence-corrected chi connectivity index (χ1v) is 6.60. The van der Waals surface area contributed by atoms with Crippen molar-refractivity contribution in [2.45, 2.75) is 0 Å². The van der Waals surface area contributed by atoms with Gasteiger partial charge in [0.25, 0.3) is 0 Å². The minimum atomic E-state index is 0.643. The standard InChI is InChI=1S/C16H12ClN3/c17-14-6-2-4-8-16(14)20-19-11-12-9-10-18-15-7-3-1-5-13(12)15/h1-11,20H. The summed E-state index contributed by atoms with van der Waals surface area (Å²) in [5.74, 6) is 0. The third-order valence-corrected chi connectivity index (χ3v) is 3.27. The summed E-state index contributed by atoms with van der Waals surface area (Å²) >= 11 is 6.05. The van der Waals surface area contributed by atoms with Crippen molar-refractivity contribution in [3.05, 3.63) is 71.4 Å². The van der Waals surface area contributed by atoms with Crippen LogP contribution in [0.2, 0.25) is 5.02 Å². The smallest absolute Gasteiger partial charge is 0.0748 e. The zero-order valence-corrected chi connectivity index (χ0v) is 11.4. The van der Waals surface area contributed by atoms with Crippen molar-refractivity contribution in [3.63, 3.8) is 0 Å². The van der Waals surface area contributed by atoms with Crippen molar-refractivity contribution in [3.8, 4) is 0 Å². The van der Waals surface area contributed by atoms with Crippen molar-refractivity contribution in [2.75, 3.05) is 5.43 Å². The van der Waals surface area contributed by atoms with Crippen molar-refractivity contribution in [1.82, 2.24) is 4.98 Å². The molecule has 0 atom stereocenters. The summed E-state index contributed by atoms with van der Waals surface area (Å²) < 4.78 is 0. The summed E-state index contributed by atoms with van der Waals surface area (Å²) in [5.41, 5.74) is 5.69. The van der Waals surface area contributed by atoms with Gasteiger partial charge in [-0.3, -0.25) is 10.4 Å². The topological polar surface area (TPSA) is 37.3 Å². The van der Waals surface area contributed by atoms with Crippen LogP contribution in [0.5, 0.6) is 0 Å². The molecule has 0 fully saturated rings. The molecule has 0 saturated carbocycles. The lowest BCUT2D eigenvalue weighted by atomic mass is 10.1. The van der Waals surface area contributed by atoms with Crippen LogP contribution in [0.4, 0.5) is 5.69 Å². The fraction of sp³-hybridized carbons (Fsp3) is 0. The molecule has 1 aromatic heterocycles. The molecule has 20 heavy (non-hydrogen) atoms. The number of halogens is 1. The zero-order valence-electron chi connectivity index (χ0n) is 10.6. The average Bonchev–Trinajstić information content (AvgIpc) is 2.49. The largest absolute Gasteiger partial charge is 0.277 e. The van der Waals surface area contributed by atoms with Crippen molar-refractivity contribution >= 4 is 34.4 Å². The van der Waals surface area contributed by atoms with Gasteiger partial charge < -0.3 is 0 Å². The molecule has 0 aliphatic heterocycles. The van der Waals surface area contributed by atoms with Gasteiger partial charge in [0.05, 0.1) is 22.4 Å². The van der Waals surface area contributed by atoms with E-state index in [1.54, 1.807) is 12.4 Å². The zero-order chi connectivity index (χ0) is 13.8. The van der Waals surface area contributed by atoms with Gasteiger partial charge in [-0.05, 0) is 24.3 Å². The number of nitrogens with zero attached hydrogens (tertiary/aromatic N) is 2. The SMILES string of the molecule is Clc1ccccc1NN=Cc1ccnc2ccccc12. The van der Waals surface area contributed by atoms with E-state index in [0.717, 1.165) is 22.2 Å². The van der Waals surface area contributed by atoms with Crippen LogP contribution in [0.3, 0.4) is 0 Å². The molecule has 0 radical (unpaired) electrons. The predicted octanol–water partition coefficient (Wildman–Crippen LogP) is 4.33. The lowest BCUT2D eigenvalue weighted by Crippen LogP contribution is -1.92. The molecule has 1 heterocycles. The molecule has 3 rings (SSSR count). The van der Waals surface area contributed by atoms with Crippen LogP contribution >= 0.6 is 11.6 Å². The minimum absolute atomic E-state index is 0.643. The Morgan fingerprint density at radius 2 is 1.80 bits per heavy atom. The second kappa shape index (κ2) is 5.72. The van der Waals surface area contributed by atoms with Gasteiger partial charge in [-0.15, -0.1) is 0 Å². The summed E-state index contributed by atoms with van der Waals surface area (Å²) in [6, 6.07) is 17.4. The molecule has 3 nitrogen and oxygen atoms in total. The van der Waals surface area contributed by atoms with Gasteiger partial charge >= 0.3 is 0 Å². The highest BCUT2D eigenvalue weighted by atomic mass is 35.5. The number of fused-ring (bicyclic) bond motifs is 1. The first-order chi connectivity index (χ1) is 9.84. The molecule has 2 aromatic carbocycles. The van der Waals surface area contributed by atoms with Crippen molar-refractivity contribution in [1.29, 1.82) is 0 Å². The summed E-state index contributed by atoms with van der Waals surface area (Å²) in [6.07, 6.45) is 3.55. The number of benzene rings is 2. The maximum atomic E-state index is 6.05. The van der Waals surface area contributed by atoms with Crippen LogP contribution in [0.15, 0.2) is 65.9 Å². The van der Waals surface area contributed by atoms with E-state index >= 15 is 0 Å². The molecule has 4 heteroatoms. The van der Waals surface area contributed by atoms with Crippen LogP contribution in [0, 0.1) is 0 Å². The van der Waals surface area contributed by atoms with E-state index in [-0.39, 0.29) is 0 Å². The van der Waals surface area contributed by atoms with Gasteiger partial charge in [0.1, 0.15) is 0 Å². The Hall–Kier alpha value is -2.39. The number of hydrogen-bond acceptors (Lipinski definition) is 3. The Balaban J connectivity index is 1.86. The number of hydrogen-bond donors (Lipinski definition) is 1. The maximum absolute atomic E-state index is 6.05. The highest BCUT2D eigenvalue weighted by Gasteiger charge is 1.99. The maximum Gasteiger partial charge on any atom is 0.0748 e. The fourth-order valence-corrected chi connectivity index (χ4v) is 2.13. The quantitative estimate of drug-likeness (QED) is 0.573. The molecule has 0 spiro atoms. The third kappa shape index (κ3) is 2.63. The Labute approximate surface area is 121 Å². The molecule has 3 aromatic rings. The van der Waals surface area contributed by atoms with E-state index < -0.39 is 0 Å². The van der Waals surface area contributed by atoms with Crippen LogP contribution in [-0.2, 0) is 0 Å². The van der Waals surface area contributed by atoms with Gasteiger partial charge in [-0.2, -0.15) is 5.10 Å². The van der Waals surface area contributed by atoms with Gasteiger partial charge in [-0.1, -0.05) is 41.9 Å². The summed E-state index contributed by atoms with van der Waals surface area (Å²) in [6.45, 7) is 0. The second-order valence-electron chi connectivity index (χ2n) is 4.27. The lowest BCUT2D eigenvalue weighted by Gasteiger charge is -2.03. The number of nitrogens with one attached hydrogen (secondary N) is 1. The normalized spacial score (nSPS) is 11.1. The van der Waals surface area contributed by atoms with E-state index in [9.17, 15) is 0 Å². The Morgan fingerprint density at radius 3 is 2.70 bits per heavy atom. The highest BCUT2D eigenvalue weighted by molar-refractivity contribution is 6.33. The molecular formula is C16H12ClN3. The predicted molar refractivity (Wildman–Crippen MR) is 84.4 cm³/mol. The van der Waals surface area contributed by atoms with Gasteiger partial charge in [0.15, 0.2) is 0 Å². The van der Waals surface area contributed by atoms with E-state index in [1.807, 2.05) is 54.6 Å². The number of pyridine rings is 1. The molecule has 98 valence electrons. The first kappa shape index (κ1) is 12.6. The van der Waals surface area contributed by atoms with Gasteiger partial charge in [-0.25, -0.2) is 0 Å². The number of rotatable bonds is 3. The number of anilines is 1. The molecule has 0 amide bonds. The second-order valence-corrected chi connectivity index (χ2v) is 4.67. The van der Waals surface area contributed by atoms with Crippen LogP contribution in [-0.4, -0.2) is 11.2 Å². The Morgan fingerprint density at radius 1 is 1.00 bits per heavy atom. The lowest BCUT2D eigenvalue weighted by molar-refractivity contribution is 1.35. The van der Waals surface area contributed by atoms with E-state index in [2.05, 4.69) is 15.5 Å². The highest BCUT2D eigenvalue weighted by Crippen LogP contribution is 2.20. The fourth-order valence-electron chi connectivity index (χ4n) is 1.95. The number of hydrazone groups is 1. The number of para-hydroxylation sites is 2. The van der Waals surface area contributed by atoms with Crippen molar-refractivity contribution < 1.29 is 0 Å². The molecule has 0 unspecified atom stereocenters. The Bertz CT molecular complexity index is 763. The number of aromatic nitrogens is 1. The van der Waals surface area contributed by atoms with Gasteiger partial charge in [0, 0.05) is 17.1 Å². The van der Waals surface area contributed by atoms with Crippen LogP contribution in [0.1, 0.15) is 5.56 Å². The first-order valence-electron chi connectivity index (χ1n) is 6.22. The molecule has 0 aliphatic rings. The molecule has 1 N–H and O–H groups in total. The van der Waals surface area contributed by atoms with E-state index in [4.69, 9.17) is 11.6 Å². The third-order valence-electron chi connectivity index (χ3n) is 2.95. The van der Waals surface area contributed by atoms with Crippen molar-refractivity contribution in [2.24, 2.45) is 5.10 Å². The van der Waals surface area contributed by atoms with Gasteiger partial charge in [0.2, 0.25) is 0 Å². The molecule has 0 bridgehead atoms.